The molecule has 0 aliphatic carbocycles. The van der Waals surface area contributed by atoms with Crippen molar-refractivity contribution in [2.75, 3.05) is 13.2 Å². The van der Waals surface area contributed by atoms with Crippen LogP contribution in [0.4, 0.5) is 4.39 Å². The van der Waals surface area contributed by atoms with E-state index in [2.05, 4.69) is 26.1 Å². The Balaban J connectivity index is 2.58. The molecule has 1 N–H and O–H groups in total. The minimum Gasteiger partial charge on any atom is -0.489 e. The van der Waals surface area contributed by atoms with E-state index in [4.69, 9.17) is 4.74 Å². The highest BCUT2D eigenvalue weighted by Gasteiger charge is 2.14. The van der Waals surface area contributed by atoms with Gasteiger partial charge in [0.15, 0.2) is 11.6 Å². The monoisotopic (exact) mass is 253 g/mol. The Morgan fingerprint density at radius 1 is 1.33 bits per heavy atom. The lowest BCUT2D eigenvalue weighted by atomic mass is 10.1. The number of rotatable bonds is 7. The molecule has 0 saturated carbocycles. The van der Waals surface area contributed by atoms with Crippen molar-refractivity contribution >= 4 is 0 Å². The molecule has 2 nitrogen and oxygen atoms in total. The van der Waals surface area contributed by atoms with E-state index < -0.39 is 0 Å². The standard InChI is InChI=1S/C15H24FNO/c1-5-9-17-13(11(2)3)10-18-14-8-6-7-12(4)15(14)16/h6-8,11,13,17H,5,9-10H2,1-4H3. The van der Waals surface area contributed by atoms with Crippen LogP contribution in [-0.2, 0) is 0 Å². The number of hydrogen-bond donors (Lipinski definition) is 1. The molecule has 0 aliphatic heterocycles. The predicted octanol–water partition coefficient (Wildman–Crippen LogP) is 3.54. The normalized spacial score (nSPS) is 12.8. The highest BCUT2D eigenvalue weighted by Crippen LogP contribution is 2.20. The quantitative estimate of drug-likeness (QED) is 0.802. The highest BCUT2D eigenvalue weighted by molar-refractivity contribution is 5.30. The van der Waals surface area contributed by atoms with Gasteiger partial charge in [0, 0.05) is 6.04 Å². The molecule has 0 radical (unpaired) electrons. The topological polar surface area (TPSA) is 21.3 Å². The number of aryl methyl sites for hydroxylation is 1. The van der Waals surface area contributed by atoms with Gasteiger partial charge in [-0.25, -0.2) is 4.39 Å². The first kappa shape index (κ1) is 15.0. The molecule has 0 aromatic heterocycles. The fraction of sp³-hybridized carbons (Fsp3) is 0.600. The van der Waals surface area contributed by atoms with Crippen LogP contribution in [-0.4, -0.2) is 19.2 Å². The third-order valence-corrected chi connectivity index (χ3v) is 3.04. The molecule has 0 saturated heterocycles. The highest BCUT2D eigenvalue weighted by atomic mass is 19.1. The van der Waals surface area contributed by atoms with Crippen LogP contribution in [0.25, 0.3) is 0 Å². The largest absolute Gasteiger partial charge is 0.489 e. The van der Waals surface area contributed by atoms with Gasteiger partial charge in [-0.1, -0.05) is 32.9 Å². The number of ether oxygens (including phenoxy) is 1. The molecule has 0 fully saturated rings. The van der Waals surface area contributed by atoms with Gasteiger partial charge in [0.25, 0.3) is 0 Å². The molecule has 1 atom stereocenters. The van der Waals surface area contributed by atoms with Gasteiger partial charge in [-0.15, -0.1) is 0 Å². The summed E-state index contributed by atoms with van der Waals surface area (Å²) >= 11 is 0. The maximum Gasteiger partial charge on any atom is 0.167 e. The third-order valence-electron chi connectivity index (χ3n) is 3.04. The lowest BCUT2D eigenvalue weighted by Gasteiger charge is -2.22. The Morgan fingerprint density at radius 3 is 2.67 bits per heavy atom. The van der Waals surface area contributed by atoms with Gasteiger partial charge in [0.1, 0.15) is 6.61 Å². The molecule has 0 bridgehead atoms. The third kappa shape index (κ3) is 4.30. The maximum atomic E-state index is 13.8. The van der Waals surface area contributed by atoms with Gasteiger partial charge < -0.3 is 10.1 Å². The number of halogens is 1. The molecular weight excluding hydrogens is 229 g/mol. The SMILES string of the molecule is CCCNC(COc1cccc(C)c1F)C(C)C. The molecule has 1 unspecified atom stereocenters. The van der Waals surface area contributed by atoms with E-state index >= 15 is 0 Å². The molecule has 0 amide bonds. The van der Waals surface area contributed by atoms with Crippen molar-refractivity contribution in [2.24, 2.45) is 5.92 Å². The van der Waals surface area contributed by atoms with Crippen LogP contribution in [0.3, 0.4) is 0 Å². The Bertz CT molecular complexity index is 366. The van der Waals surface area contributed by atoms with E-state index in [-0.39, 0.29) is 11.9 Å². The number of hydrogen-bond acceptors (Lipinski definition) is 2. The molecule has 3 heteroatoms. The van der Waals surface area contributed by atoms with Gasteiger partial charge in [-0.3, -0.25) is 0 Å². The van der Waals surface area contributed by atoms with Crippen LogP contribution >= 0.6 is 0 Å². The first-order valence-corrected chi connectivity index (χ1v) is 6.67. The Kier molecular flexibility index (Phi) is 6.13. The van der Waals surface area contributed by atoms with E-state index in [1.165, 1.54) is 0 Å². The van der Waals surface area contributed by atoms with Gasteiger partial charge >= 0.3 is 0 Å². The van der Waals surface area contributed by atoms with E-state index in [0.29, 0.717) is 23.8 Å². The minimum absolute atomic E-state index is 0.254. The van der Waals surface area contributed by atoms with Gasteiger partial charge in [-0.2, -0.15) is 0 Å². The van der Waals surface area contributed by atoms with E-state index in [1.807, 2.05) is 6.07 Å². The van der Waals surface area contributed by atoms with E-state index in [9.17, 15) is 4.39 Å². The zero-order chi connectivity index (χ0) is 13.5. The zero-order valence-electron chi connectivity index (χ0n) is 11.8. The second-order valence-electron chi connectivity index (χ2n) is 5.00. The van der Waals surface area contributed by atoms with Crippen LogP contribution in [0, 0.1) is 18.7 Å². The average molecular weight is 253 g/mol. The molecule has 0 heterocycles. The van der Waals surface area contributed by atoms with Gasteiger partial charge in [-0.05, 0) is 37.4 Å². The van der Waals surface area contributed by atoms with Crippen LogP contribution in [0.5, 0.6) is 5.75 Å². The van der Waals surface area contributed by atoms with Crippen LogP contribution in [0.1, 0.15) is 32.8 Å². The summed E-state index contributed by atoms with van der Waals surface area (Å²) < 4.78 is 19.4. The van der Waals surface area contributed by atoms with Crippen LogP contribution in [0.2, 0.25) is 0 Å². The van der Waals surface area contributed by atoms with Crippen LogP contribution in [0.15, 0.2) is 18.2 Å². The van der Waals surface area contributed by atoms with Crippen molar-refractivity contribution in [3.63, 3.8) is 0 Å². The molecule has 1 aromatic rings. The van der Waals surface area contributed by atoms with Crippen molar-refractivity contribution in [2.45, 2.75) is 40.2 Å². The summed E-state index contributed by atoms with van der Waals surface area (Å²) in [4.78, 5) is 0. The van der Waals surface area contributed by atoms with E-state index in [1.54, 1.807) is 19.1 Å². The zero-order valence-corrected chi connectivity index (χ0v) is 11.8. The fourth-order valence-corrected chi connectivity index (χ4v) is 1.73. The smallest absolute Gasteiger partial charge is 0.167 e. The molecule has 0 spiro atoms. The summed E-state index contributed by atoms with van der Waals surface area (Å²) in [5.74, 6) is 0.555. The van der Waals surface area contributed by atoms with Gasteiger partial charge in [0.2, 0.25) is 0 Å². The summed E-state index contributed by atoms with van der Waals surface area (Å²) in [6.07, 6.45) is 1.09. The minimum atomic E-state index is -0.254. The lowest BCUT2D eigenvalue weighted by Crippen LogP contribution is -2.39. The lowest BCUT2D eigenvalue weighted by molar-refractivity contribution is 0.222. The van der Waals surface area contributed by atoms with Crippen molar-refractivity contribution in [3.05, 3.63) is 29.6 Å². The van der Waals surface area contributed by atoms with E-state index in [0.717, 1.165) is 13.0 Å². The fourth-order valence-electron chi connectivity index (χ4n) is 1.73. The Hall–Kier alpha value is -1.09. The number of benzene rings is 1. The Morgan fingerprint density at radius 2 is 2.06 bits per heavy atom. The van der Waals surface area contributed by atoms with Gasteiger partial charge in [0.05, 0.1) is 0 Å². The summed E-state index contributed by atoms with van der Waals surface area (Å²) in [7, 11) is 0. The molecule has 102 valence electrons. The molecule has 1 aromatic carbocycles. The summed E-state index contributed by atoms with van der Waals surface area (Å²) in [5.41, 5.74) is 0.620. The molecule has 0 aliphatic rings. The van der Waals surface area contributed by atoms with Crippen molar-refractivity contribution in [1.82, 2.24) is 5.32 Å². The first-order valence-electron chi connectivity index (χ1n) is 6.67. The second kappa shape index (κ2) is 7.37. The van der Waals surface area contributed by atoms with Crippen molar-refractivity contribution < 1.29 is 9.13 Å². The summed E-state index contributed by atoms with van der Waals surface area (Å²) in [5, 5.41) is 3.43. The second-order valence-corrected chi connectivity index (χ2v) is 5.00. The maximum absolute atomic E-state index is 13.8. The van der Waals surface area contributed by atoms with Crippen molar-refractivity contribution in [3.8, 4) is 5.75 Å². The summed E-state index contributed by atoms with van der Waals surface area (Å²) in [6, 6.07) is 5.50. The van der Waals surface area contributed by atoms with Crippen molar-refractivity contribution in [1.29, 1.82) is 0 Å². The van der Waals surface area contributed by atoms with Crippen LogP contribution < -0.4 is 10.1 Å². The Labute approximate surface area is 110 Å². The predicted molar refractivity (Wildman–Crippen MR) is 73.6 cm³/mol. The molecule has 18 heavy (non-hydrogen) atoms. The molecule has 1 rings (SSSR count). The molecular formula is C15H24FNO. The summed E-state index contributed by atoms with van der Waals surface area (Å²) in [6.45, 7) is 9.62. The number of nitrogens with one attached hydrogen (secondary N) is 1. The first-order chi connectivity index (χ1) is 8.56. The average Bonchev–Trinajstić information content (AvgIpc) is 2.33.